The van der Waals surface area contributed by atoms with E-state index in [0.717, 1.165) is 0 Å². The van der Waals surface area contributed by atoms with Crippen molar-refractivity contribution >= 4 is 21.8 Å². The number of benzene rings is 1. The first-order valence-corrected chi connectivity index (χ1v) is 5.10. The molecule has 0 aromatic heterocycles. The molecule has 0 aliphatic carbocycles. The van der Waals surface area contributed by atoms with Crippen molar-refractivity contribution in [3.05, 3.63) is 33.5 Å². The molecule has 0 aliphatic rings. The Kier molecular flexibility index (Phi) is 3.63. The molecule has 0 fully saturated rings. The van der Waals surface area contributed by atoms with Gasteiger partial charge in [0.15, 0.2) is 0 Å². The highest BCUT2D eigenvalue weighted by molar-refractivity contribution is 9.10. The number of halogens is 2. The minimum Gasteiger partial charge on any atom is -0.355 e. The van der Waals surface area contributed by atoms with E-state index in [1.807, 2.05) is 6.92 Å². The predicted octanol–water partition coefficient (Wildman–Crippen LogP) is 2.51. The summed E-state index contributed by atoms with van der Waals surface area (Å²) in [5.41, 5.74) is 0.842. The number of hydrogen-bond donors (Lipinski definition) is 1. The molecule has 0 aliphatic heterocycles. The Balaban J connectivity index is 3.35. The Morgan fingerprint density at radius 3 is 2.71 bits per heavy atom. The van der Waals surface area contributed by atoms with Crippen molar-refractivity contribution in [3.63, 3.8) is 0 Å². The van der Waals surface area contributed by atoms with Gasteiger partial charge in [-0.2, -0.15) is 0 Å². The third-order valence-corrected chi connectivity index (χ3v) is 2.63. The van der Waals surface area contributed by atoms with Crippen LogP contribution >= 0.6 is 15.9 Å². The van der Waals surface area contributed by atoms with Crippen LogP contribution in [0.2, 0.25) is 0 Å². The van der Waals surface area contributed by atoms with Crippen molar-refractivity contribution in [2.75, 3.05) is 7.05 Å². The molecule has 0 radical (unpaired) electrons. The van der Waals surface area contributed by atoms with E-state index < -0.39 is 5.82 Å². The topological polar surface area (TPSA) is 29.1 Å². The Morgan fingerprint density at radius 1 is 1.57 bits per heavy atom. The second kappa shape index (κ2) is 4.55. The van der Waals surface area contributed by atoms with Crippen LogP contribution in [0, 0.1) is 5.82 Å². The Labute approximate surface area is 90.6 Å². The van der Waals surface area contributed by atoms with E-state index in [0.29, 0.717) is 16.5 Å². The van der Waals surface area contributed by atoms with Crippen molar-refractivity contribution in [2.24, 2.45) is 0 Å². The van der Waals surface area contributed by atoms with E-state index in [9.17, 15) is 9.18 Å². The maximum atomic E-state index is 13.6. The monoisotopic (exact) mass is 259 g/mol. The van der Waals surface area contributed by atoms with Crippen molar-refractivity contribution < 1.29 is 9.18 Å². The normalized spacial score (nSPS) is 10.0. The van der Waals surface area contributed by atoms with E-state index >= 15 is 0 Å². The van der Waals surface area contributed by atoms with Crippen molar-refractivity contribution in [3.8, 4) is 0 Å². The Bertz CT molecular complexity index is 365. The highest BCUT2D eigenvalue weighted by Crippen LogP contribution is 2.22. The lowest BCUT2D eigenvalue weighted by molar-refractivity contribution is 0.0958. The fourth-order valence-electron chi connectivity index (χ4n) is 1.26. The Hall–Kier alpha value is -0.900. The first kappa shape index (κ1) is 11.2. The van der Waals surface area contributed by atoms with Crippen LogP contribution in [0.25, 0.3) is 0 Å². The van der Waals surface area contributed by atoms with Gasteiger partial charge in [-0.25, -0.2) is 4.39 Å². The van der Waals surface area contributed by atoms with E-state index in [-0.39, 0.29) is 11.5 Å². The van der Waals surface area contributed by atoms with Gasteiger partial charge in [0.05, 0.1) is 10.0 Å². The van der Waals surface area contributed by atoms with Gasteiger partial charge in [0.25, 0.3) is 5.91 Å². The minimum atomic E-state index is -0.497. The van der Waals surface area contributed by atoms with Gasteiger partial charge < -0.3 is 5.32 Å². The van der Waals surface area contributed by atoms with Gasteiger partial charge >= 0.3 is 0 Å². The van der Waals surface area contributed by atoms with Crippen LogP contribution in [-0.2, 0) is 6.42 Å². The molecule has 1 aromatic carbocycles. The zero-order valence-electron chi connectivity index (χ0n) is 8.03. The van der Waals surface area contributed by atoms with Crippen molar-refractivity contribution in [1.29, 1.82) is 0 Å². The zero-order chi connectivity index (χ0) is 10.7. The van der Waals surface area contributed by atoms with Gasteiger partial charge in [0, 0.05) is 7.05 Å². The van der Waals surface area contributed by atoms with E-state index in [2.05, 4.69) is 21.2 Å². The van der Waals surface area contributed by atoms with E-state index in [1.54, 1.807) is 12.1 Å². The molecule has 0 saturated carbocycles. The third-order valence-electron chi connectivity index (χ3n) is 2.02. The molecular weight excluding hydrogens is 249 g/mol. The lowest BCUT2D eigenvalue weighted by atomic mass is 10.0. The summed E-state index contributed by atoms with van der Waals surface area (Å²) in [5, 5.41) is 2.42. The summed E-state index contributed by atoms with van der Waals surface area (Å²) in [6, 6.07) is 3.36. The summed E-state index contributed by atoms with van der Waals surface area (Å²) in [7, 11) is 1.49. The first-order valence-electron chi connectivity index (χ1n) is 4.30. The molecule has 76 valence electrons. The van der Waals surface area contributed by atoms with Crippen LogP contribution < -0.4 is 5.32 Å². The number of hydrogen-bond acceptors (Lipinski definition) is 1. The van der Waals surface area contributed by atoms with E-state index in [4.69, 9.17) is 0 Å². The molecule has 0 atom stereocenters. The van der Waals surface area contributed by atoms with Crippen LogP contribution in [0.3, 0.4) is 0 Å². The number of carbonyl (C=O) groups is 1. The molecule has 0 saturated heterocycles. The molecule has 0 heterocycles. The van der Waals surface area contributed by atoms with Gasteiger partial charge in [-0.1, -0.05) is 13.0 Å². The molecule has 14 heavy (non-hydrogen) atoms. The molecule has 1 N–H and O–H groups in total. The summed E-state index contributed by atoms with van der Waals surface area (Å²) in [4.78, 5) is 11.4. The molecule has 1 rings (SSSR count). The van der Waals surface area contributed by atoms with Gasteiger partial charge in [-0.3, -0.25) is 4.79 Å². The van der Waals surface area contributed by atoms with Gasteiger partial charge in [-0.05, 0) is 34.0 Å². The average molecular weight is 260 g/mol. The number of rotatable bonds is 2. The second-order valence-corrected chi connectivity index (χ2v) is 3.68. The highest BCUT2D eigenvalue weighted by atomic mass is 79.9. The molecule has 4 heteroatoms. The predicted molar refractivity (Wildman–Crippen MR) is 56.9 cm³/mol. The van der Waals surface area contributed by atoms with Crippen LogP contribution in [0.1, 0.15) is 22.8 Å². The standard InChI is InChI=1S/C10H11BrFNO/c1-3-6-4-5-7(11)9(12)8(6)10(14)13-2/h4-5H,3H2,1-2H3,(H,13,14). The highest BCUT2D eigenvalue weighted by Gasteiger charge is 2.16. The van der Waals surface area contributed by atoms with Crippen molar-refractivity contribution in [2.45, 2.75) is 13.3 Å². The molecule has 1 amide bonds. The fourth-order valence-corrected chi connectivity index (χ4v) is 1.59. The smallest absolute Gasteiger partial charge is 0.254 e. The van der Waals surface area contributed by atoms with Crippen LogP contribution in [-0.4, -0.2) is 13.0 Å². The lowest BCUT2D eigenvalue weighted by Crippen LogP contribution is -2.21. The summed E-state index contributed by atoms with van der Waals surface area (Å²) in [6.07, 6.45) is 0.632. The summed E-state index contributed by atoms with van der Waals surface area (Å²) >= 11 is 3.05. The maximum absolute atomic E-state index is 13.6. The van der Waals surface area contributed by atoms with Gasteiger partial charge in [0.2, 0.25) is 0 Å². The van der Waals surface area contributed by atoms with Gasteiger partial charge in [-0.15, -0.1) is 0 Å². The molecular formula is C10H11BrFNO. The number of nitrogens with one attached hydrogen (secondary N) is 1. The van der Waals surface area contributed by atoms with E-state index in [1.165, 1.54) is 7.05 Å². The summed E-state index contributed by atoms with van der Waals surface area (Å²) in [6.45, 7) is 1.88. The molecule has 1 aromatic rings. The largest absolute Gasteiger partial charge is 0.355 e. The molecule has 2 nitrogen and oxygen atoms in total. The summed E-state index contributed by atoms with van der Waals surface area (Å²) < 4.78 is 13.9. The molecule has 0 spiro atoms. The van der Waals surface area contributed by atoms with Crippen molar-refractivity contribution in [1.82, 2.24) is 5.32 Å². The van der Waals surface area contributed by atoms with Crippen LogP contribution in [0.4, 0.5) is 4.39 Å². The quantitative estimate of drug-likeness (QED) is 0.869. The third kappa shape index (κ3) is 1.95. The fraction of sp³-hybridized carbons (Fsp3) is 0.300. The van der Waals surface area contributed by atoms with Crippen LogP contribution in [0.5, 0.6) is 0 Å². The second-order valence-electron chi connectivity index (χ2n) is 2.83. The average Bonchev–Trinajstić information content (AvgIpc) is 2.20. The zero-order valence-corrected chi connectivity index (χ0v) is 9.61. The minimum absolute atomic E-state index is 0.129. The SMILES string of the molecule is CCc1ccc(Br)c(F)c1C(=O)NC. The first-order chi connectivity index (χ1) is 6.61. The summed E-state index contributed by atoms with van der Waals surface area (Å²) in [5.74, 6) is -0.885. The number of amides is 1. The molecule has 0 unspecified atom stereocenters. The maximum Gasteiger partial charge on any atom is 0.254 e. The lowest BCUT2D eigenvalue weighted by Gasteiger charge is -2.08. The van der Waals surface area contributed by atoms with Gasteiger partial charge in [0.1, 0.15) is 5.82 Å². The van der Waals surface area contributed by atoms with Crippen LogP contribution in [0.15, 0.2) is 16.6 Å². The number of carbonyl (C=O) groups excluding carboxylic acids is 1. The number of aryl methyl sites for hydroxylation is 1. The Morgan fingerprint density at radius 2 is 2.21 bits per heavy atom. The molecule has 0 bridgehead atoms.